The van der Waals surface area contributed by atoms with Gasteiger partial charge in [-0.25, -0.2) is 4.79 Å². The van der Waals surface area contributed by atoms with Gasteiger partial charge in [0.25, 0.3) is 0 Å². The standard InChI is InChI=1S/C20H21NO6/c1-8-12(5)26-17-10(3)18-14(6-13(8)17)9(2)15(20(25)27-18)7-16(22)21-11(4)19(23)24/h6,11H,7H2,1-5H3,(H,21,22)(H,23,24)/p-1/t11-/m0/s1. The van der Waals surface area contributed by atoms with Gasteiger partial charge in [-0.3, -0.25) is 4.79 Å². The Hall–Kier alpha value is -3.09. The summed E-state index contributed by atoms with van der Waals surface area (Å²) in [6.07, 6.45) is -0.276. The number of aliphatic carboxylic acids is 1. The van der Waals surface area contributed by atoms with Gasteiger partial charge < -0.3 is 24.1 Å². The van der Waals surface area contributed by atoms with Gasteiger partial charge in [0, 0.05) is 16.3 Å². The lowest BCUT2D eigenvalue weighted by Crippen LogP contribution is -2.46. The topological polar surface area (TPSA) is 113 Å². The summed E-state index contributed by atoms with van der Waals surface area (Å²) in [6.45, 7) is 8.70. The van der Waals surface area contributed by atoms with Crippen molar-refractivity contribution in [3.05, 3.63) is 44.5 Å². The highest BCUT2D eigenvalue weighted by Gasteiger charge is 2.20. The molecule has 27 heavy (non-hydrogen) atoms. The molecule has 0 spiro atoms. The Morgan fingerprint density at radius 2 is 1.63 bits per heavy atom. The molecule has 2 aromatic heterocycles. The predicted molar refractivity (Wildman–Crippen MR) is 97.5 cm³/mol. The summed E-state index contributed by atoms with van der Waals surface area (Å²) >= 11 is 0. The Bertz CT molecular complexity index is 1150. The first-order valence-electron chi connectivity index (χ1n) is 8.57. The fraction of sp³-hybridized carbons (Fsp3) is 0.350. The first-order chi connectivity index (χ1) is 12.6. The highest BCUT2D eigenvalue weighted by atomic mass is 16.4. The lowest BCUT2D eigenvalue weighted by atomic mass is 9.98. The number of furan rings is 1. The summed E-state index contributed by atoms with van der Waals surface area (Å²) < 4.78 is 11.3. The van der Waals surface area contributed by atoms with Crippen molar-refractivity contribution in [3.8, 4) is 0 Å². The zero-order valence-corrected chi connectivity index (χ0v) is 15.8. The van der Waals surface area contributed by atoms with E-state index >= 15 is 0 Å². The quantitative estimate of drug-likeness (QED) is 0.698. The molecule has 1 atom stereocenters. The Morgan fingerprint density at radius 3 is 2.26 bits per heavy atom. The fourth-order valence-electron chi connectivity index (χ4n) is 3.21. The van der Waals surface area contributed by atoms with Crippen molar-refractivity contribution >= 4 is 33.8 Å². The molecule has 1 amide bonds. The van der Waals surface area contributed by atoms with Gasteiger partial charge >= 0.3 is 5.63 Å². The number of carboxylic acid groups (broad SMARTS) is 1. The highest BCUT2D eigenvalue weighted by Crippen LogP contribution is 2.34. The summed E-state index contributed by atoms with van der Waals surface area (Å²) in [6, 6.07) is 0.746. The molecule has 3 aromatic rings. The van der Waals surface area contributed by atoms with E-state index in [0.717, 1.165) is 27.7 Å². The molecule has 7 heteroatoms. The number of carboxylic acids is 1. The maximum atomic E-state index is 12.5. The molecule has 1 aromatic carbocycles. The van der Waals surface area contributed by atoms with Crippen molar-refractivity contribution in [1.29, 1.82) is 0 Å². The third-order valence-electron chi connectivity index (χ3n) is 5.01. The molecule has 0 unspecified atom stereocenters. The number of carbonyl (C=O) groups excluding carboxylic acids is 2. The van der Waals surface area contributed by atoms with E-state index in [2.05, 4.69) is 5.32 Å². The lowest BCUT2D eigenvalue weighted by molar-refractivity contribution is -0.307. The third-order valence-corrected chi connectivity index (χ3v) is 5.01. The van der Waals surface area contributed by atoms with Gasteiger partial charge in [-0.15, -0.1) is 0 Å². The van der Waals surface area contributed by atoms with Crippen LogP contribution in [0.25, 0.3) is 21.9 Å². The minimum absolute atomic E-state index is 0.196. The molecule has 0 radical (unpaired) electrons. The van der Waals surface area contributed by atoms with E-state index in [1.54, 1.807) is 6.92 Å². The van der Waals surface area contributed by atoms with E-state index in [1.807, 2.05) is 26.8 Å². The second kappa shape index (κ2) is 6.57. The van der Waals surface area contributed by atoms with Crippen LogP contribution in [0.3, 0.4) is 0 Å². The highest BCUT2D eigenvalue weighted by molar-refractivity contribution is 6.00. The molecular formula is C20H20NO6-. The van der Waals surface area contributed by atoms with Crippen LogP contribution in [0, 0.1) is 27.7 Å². The van der Waals surface area contributed by atoms with Crippen LogP contribution < -0.4 is 16.0 Å². The molecule has 0 saturated heterocycles. The van der Waals surface area contributed by atoms with Crippen molar-refractivity contribution < 1.29 is 23.5 Å². The van der Waals surface area contributed by atoms with E-state index in [-0.39, 0.29) is 12.0 Å². The van der Waals surface area contributed by atoms with Gasteiger partial charge in [-0.1, -0.05) is 0 Å². The number of fused-ring (bicyclic) bond motifs is 2. The molecule has 2 heterocycles. The van der Waals surface area contributed by atoms with Crippen LogP contribution in [0.15, 0.2) is 19.7 Å². The van der Waals surface area contributed by atoms with Crippen molar-refractivity contribution in [2.45, 2.75) is 47.1 Å². The van der Waals surface area contributed by atoms with Crippen molar-refractivity contribution in [1.82, 2.24) is 5.32 Å². The number of rotatable bonds is 4. The number of aryl methyl sites for hydroxylation is 4. The maximum Gasteiger partial charge on any atom is 0.340 e. The molecule has 0 aliphatic rings. The van der Waals surface area contributed by atoms with Crippen LogP contribution in [0.5, 0.6) is 0 Å². The van der Waals surface area contributed by atoms with Gasteiger partial charge in [-0.05, 0) is 51.8 Å². The van der Waals surface area contributed by atoms with Crippen LogP contribution in [0.1, 0.15) is 34.9 Å². The number of carbonyl (C=O) groups is 2. The van der Waals surface area contributed by atoms with E-state index < -0.39 is 23.5 Å². The SMILES string of the molecule is Cc1oc2c(C)c3oc(=O)c(CC(=O)N[C@@H](C)C(=O)[O-])c(C)c3cc2c1C. The van der Waals surface area contributed by atoms with Crippen molar-refractivity contribution in [2.24, 2.45) is 0 Å². The van der Waals surface area contributed by atoms with Crippen LogP contribution in [-0.4, -0.2) is 17.9 Å². The van der Waals surface area contributed by atoms with E-state index in [1.165, 1.54) is 6.92 Å². The Balaban J connectivity index is 2.14. The van der Waals surface area contributed by atoms with Gasteiger partial charge in [0.2, 0.25) is 5.91 Å². The molecule has 0 bridgehead atoms. The number of hydrogen-bond acceptors (Lipinski definition) is 6. The summed E-state index contributed by atoms with van der Waals surface area (Å²) in [5.41, 5.74) is 3.02. The minimum Gasteiger partial charge on any atom is -0.548 e. The third kappa shape index (κ3) is 3.09. The molecule has 142 valence electrons. The van der Waals surface area contributed by atoms with Crippen LogP contribution in [0.2, 0.25) is 0 Å². The first-order valence-corrected chi connectivity index (χ1v) is 8.57. The summed E-state index contributed by atoms with van der Waals surface area (Å²) in [5, 5.41) is 14.7. The minimum atomic E-state index is -1.39. The number of hydrogen-bond donors (Lipinski definition) is 1. The van der Waals surface area contributed by atoms with Crippen LogP contribution in [0.4, 0.5) is 0 Å². The lowest BCUT2D eigenvalue weighted by Gasteiger charge is -2.15. The second-order valence-electron chi connectivity index (χ2n) is 6.82. The number of nitrogens with one attached hydrogen (secondary N) is 1. The number of benzene rings is 1. The molecule has 0 saturated carbocycles. The van der Waals surface area contributed by atoms with Gasteiger partial charge in [-0.2, -0.15) is 0 Å². The normalized spacial score (nSPS) is 12.5. The largest absolute Gasteiger partial charge is 0.548 e. The molecule has 0 fully saturated rings. The molecule has 0 aliphatic heterocycles. The number of amides is 1. The fourth-order valence-corrected chi connectivity index (χ4v) is 3.21. The van der Waals surface area contributed by atoms with Crippen LogP contribution in [-0.2, 0) is 16.0 Å². The smallest absolute Gasteiger partial charge is 0.340 e. The average molecular weight is 370 g/mol. The van der Waals surface area contributed by atoms with E-state index in [0.29, 0.717) is 16.7 Å². The molecular weight excluding hydrogens is 350 g/mol. The Kier molecular flexibility index (Phi) is 4.55. The molecule has 1 N–H and O–H groups in total. The van der Waals surface area contributed by atoms with E-state index in [9.17, 15) is 19.5 Å². The Labute approximate surface area is 155 Å². The van der Waals surface area contributed by atoms with Gasteiger partial charge in [0.1, 0.15) is 16.9 Å². The van der Waals surface area contributed by atoms with Gasteiger partial charge in [0.05, 0.1) is 24.0 Å². The molecule has 3 rings (SSSR count). The monoisotopic (exact) mass is 370 g/mol. The van der Waals surface area contributed by atoms with E-state index in [4.69, 9.17) is 8.83 Å². The summed E-state index contributed by atoms with van der Waals surface area (Å²) in [5.74, 6) is -1.19. The zero-order valence-electron chi connectivity index (χ0n) is 15.8. The zero-order chi connectivity index (χ0) is 20.0. The van der Waals surface area contributed by atoms with Crippen molar-refractivity contribution in [3.63, 3.8) is 0 Å². The average Bonchev–Trinajstić information content (AvgIpc) is 2.88. The maximum absolute atomic E-state index is 12.5. The second-order valence-corrected chi connectivity index (χ2v) is 6.82. The summed E-state index contributed by atoms with van der Waals surface area (Å²) in [7, 11) is 0. The van der Waals surface area contributed by atoms with Crippen molar-refractivity contribution in [2.75, 3.05) is 0 Å². The first kappa shape index (κ1) is 18.7. The predicted octanol–water partition coefficient (Wildman–Crippen LogP) is 1.57. The molecule has 7 nitrogen and oxygen atoms in total. The summed E-state index contributed by atoms with van der Waals surface area (Å²) in [4.78, 5) is 35.3. The molecule has 0 aliphatic carbocycles. The van der Waals surface area contributed by atoms with Gasteiger partial charge in [0.15, 0.2) is 0 Å². The Morgan fingerprint density at radius 1 is 1.04 bits per heavy atom. The van der Waals surface area contributed by atoms with Crippen LogP contribution >= 0.6 is 0 Å².